The fourth-order valence-electron chi connectivity index (χ4n) is 5.24. The molecule has 3 nitrogen and oxygen atoms in total. The Bertz CT molecular complexity index is 1400. The molecule has 0 fully saturated rings. The van der Waals surface area contributed by atoms with Gasteiger partial charge in [0, 0.05) is 6.61 Å². The van der Waals surface area contributed by atoms with E-state index in [2.05, 4.69) is 118 Å². The molecule has 3 heteroatoms. The molecule has 45 heavy (non-hydrogen) atoms. The Balaban J connectivity index is 0.000000917. The molecule has 0 bridgehead atoms. The predicted molar refractivity (Wildman–Crippen MR) is 193 cm³/mol. The molecule has 4 aromatic carbocycles. The van der Waals surface area contributed by atoms with E-state index in [1.807, 2.05) is 13.8 Å². The number of carboxylic acid groups (broad SMARTS) is 1. The number of carbonyl (C=O) groups is 1. The minimum absolute atomic E-state index is 0.245. The summed E-state index contributed by atoms with van der Waals surface area (Å²) in [7, 11) is 0. The van der Waals surface area contributed by atoms with Crippen LogP contribution in [0.3, 0.4) is 0 Å². The third kappa shape index (κ3) is 13.7. The van der Waals surface area contributed by atoms with Crippen molar-refractivity contribution in [3.05, 3.63) is 131 Å². The molecule has 0 aromatic heterocycles. The Labute approximate surface area is 272 Å². The van der Waals surface area contributed by atoms with Gasteiger partial charge in [-0.1, -0.05) is 130 Å². The molecule has 1 unspecified atom stereocenters. The summed E-state index contributed by atoms with van der Waals surface area (Å²) in [5.41, 5.74) is 13.3. The van der Waals surface area contributed by atoms with Crippen LogP contribution in [0.5, 0.6) is 0 Å². The van der Waals surface area contributed by atoms with Crippen LogP contribution in [0.25, 0.3) is 22.3 Å². The SMILES string of the molecule is C=C(C)C.CCCCCc1ccc(-c2ccc(-c3ccc(CCc4ccc(CC(C)CO)cc4)cc3)cc2CC)cc1.O=CO. The monoisotopic (exact) mass is 606 g/mol. The summed E-state index contributed by atoms with van der Waals surface area (Å²) in [6.45, 7) is 14.1. The van der Waals surface area contributed by atoms with Gasteiger partial charge in [0.15, 0.2) is 0 Å². The van der Waals surface area contributed by atoms with Crippen LogP contribution in [0.2, 0.25) is 0 Å². The quantitative estimate of drug-likeness (QED) is 0.0904. The summed E-state index contributed by atoms with van der Waals surface area (Å²) in [6, 6.07) is 34.2. The van der Waals surface area contributed by atoms with Crippen molar-refractivity contribution in [3.63, 3.8) is 0 Å². The molecule has 0 aliphatic rings. The van der Waals surface area contributed by atoms with Crippen molar-refractivity contribution in [1.82, 2.24) is 0 Å². The van der Waals surface area contributed by atoms with Gasteiger partial charge >= 0.3 is 0 Å². The molecule has 2 N–H and O–H groups in total. The molecule has 0 amide bonds. The van der Waals surface area contributed by atoms with Crippen molar-refractivity contribution in [2.24, 2.45) is 5.92 Å². The zero-order chi connectivity index (χ0) is 33.0. The van der Waals surface area contributed by atoms with Crippen molar-refractivity contribution >= 4 is 6.47 Å². The minimum atomic E-state index is -0.250. The van der Waals surface area contributed by atoms with Gasteiger partial charge in [0.1, 0.15) is 0 Å². The van der Waals surface area contributed by atoms with Crippen molar-refractivity contribution in [1.29, 1.82) is 0 Å². The number of benzene rings is 4. The number of hydrogen-bond acceptors (Lipinski definition) is 2. The lowest BCUT2D eigenvalue weighted by Gasteiger charge is -2.13. The third-order valence-electron chi connectivity index (χ3n) is 7.73. The summed E-state index contributed by atoms with van der Waals surface area (Å²) in [5, 5.41) is 16.2. The van der Waals surface area contributed by atoms with E-state index >= 15 is 0 Å². The minimum Gasteiger partial charge on any atom is -0.483 e. The largest absolute Gasteiger partial charge is 0.483 e. The lowest BCUT2D eigenvalue weighted by Crippen LogP contribution is -2.04. The number of aliphatic hydroxyl groups excluding tert-OH is 1. The molecule has 0 saturated heterocycles. The number of unbranched alkanes of at least 4 members (excludes halogenated alkanes) is 2. The van der Waals surface area contributed by atoms with Gasteiger partial charge in [-0.15, -0.1) is 6.58 Å². The average molecular weight is 607 g/mol. The molecule has 0 aliphatic carbocycles. The van der Waals surface area contributed by atoms with Gasteiger partial charge in [-0.2, -0.15) is 0 Å². The Morgan fingerprint density at radius 3 is 1.64 bits per heavy atom. The van der Waals surface area contributed by atoms with Crippen LogP contribution in [0, 0.1) is 5.92 Å². The van der Waals surface area contributed by atoms with E-state index < -0.39 is 0 Å². The first-order chi connectivity index (χ1) is 21.7. The first-order valence-corrected chi connectivity index (χ1v) is 16.4. The maximum absolute atomic E-state index is 9.28. The molecule has 0 aliphatic heterocycles. The topological polar surface area (TPSA) is 57.5 Å². The van der Waals surface area contributed by atoms with Crippen molar-refractivity contribution in [2.75, 3.05) is 6.61 Å². The van der Waals surface area contributed by atoms with Crippen LogP contribution in [0.1, 0.15) is 81.7 Å². The normalized spacial score (nSPS) is 11.0. The summed E-state index contributed by atoms with van der Waals surface area (Å²) in [6.07, 6.45) is 9.09. The first kappa shape index (κ1) is 37.2. The van der Waals surface area contributed by atoms with Gasteiger partial charge in [-0.05, 0) is 108 Å². The van der Waals surface area contributed by atoms with Gasteiger partial charge < -0.3 is 10.2 Å². The summed E-state index contributed by atoms with van der Waals surface area (Å²) < 4.78 is 0. The van der Waals surface area contributed by atoms with E-state index in [1.165, 1.54) is 81.3 Å². The van der Waals surface area contributed by atoms with Crippen molar-refractivity contribution in [3.8, 4) is 22.3 Å². The lowest BCUT2D eigenvalue weighted by atomic mass is 9.92. The van der Waals surface area contributed by atoms with Gasteiger partial charge in [0.05, 0.1) is 0 Å². The maximum Gasteiger partial charge on any atom is 0.290 e. The molecular weight excluding hydrogens is 552 g/mol. The van der Waals surface area contributed by atoms with E-state index in [0.29, 0.717) is 5.92 Å². The molecule has 240 valence electrons. The number of rotatable bonds is 13. The Kier molecular flexibility index (Phi) is 17.3. The molecule has 1 atom stereocenters. The Morgan fingerprint density at radius 1 is 0.711 bits per heavy atom. The molecule has 0 saturated carbocycles. The molecular formula is C42H54O3. The number of aliphatic hydroxyl groups is 1. The van der Waals surface area contributed by atoms with Crippen LogP contribution in [0.4, 0.5) is 0 Å². The van der Waals surface area contributed by atoms with E-state index in [4.69, 9.17) is 9.90 Å². The van der Waals surface area contributed by atoms with Gasteiger partial charge in [0.25, 0.3) is 6.47 Å². The van der Waals surface area contributed by atoms with E-state index in [-0.39, 0.29) is 13.1 Å². The highest BCUT2D eigenvalue weighted by Crippen LogP contribution is 2.30. The van der Waals surface area contributed by atoms with Crippen LogP contribution in [0.15, 0.2) is 103 Å². The van der Waals surface area contributed by atoms with Crippen LogP contribution >= 0.6 is 0 Å². The standard InChI is InChI=1S/C37H44O.C4H8.CH2O2/c1-4-6-7-8-29-17-21-35(22-18-29)37-24-23-36(26-33(37)5-2)34-19-15-31(16-20-34)10-9-30-11-13-32(14-12-30)25-28(3)27-38;1-4(2)3;2-1-3/h11-24,26,28,38H,4-10,25,27H2,1-3H3;1H2,2-3H3;1H,(H,2,3). The van der Waals surface area contributed by atoms with Gasteiger partial charge in [-0.25, -0.2) is 0 Å². The molecule has 4 aromatic rings. The first-order valence-electron chi connectivity index (χ1n) is 16.4. The second-order valence-corrected chi connectivity index (χ2v) is 12.2. The maximum atomic E-state index is 9.28. The zero-order valence-electron chi connectivity index (χ0n) is 28.2. The second kappa shape index (κ2) is 20.9. The number of hydrogen-bond donors (Lipinski definition) is 2. The van der Waals surface area contributed by atoms with Crippen molar-refractivity contribution < 1.29 is 15.0 Å². The summed E-state index contributed by atoms with van der Waals surface area (Å²) in [5.74, 6) is 0.315. The zero-order valence-corrected chi connectivity index (χ0v) is 28.2. The molecule has 0 heterocycles. The van der Waals surface area contributed by atoms with Crippen LogP contribution < -0.4 is 0 Å². The Morgan fingerprint density at radius 2 is 1.16 bits per heavy atom. The van der Waals surface area contributed by atoms with E-state index in [0.717, 1.165) is 25.7 Å². The molecule has 4 rings (SSSR count). The molecule has 0 spiro atoms. The predicted octanol–water partition coefficient (Wildman–Crippen LogP) is 10.6. The Hall–Kier alpha value is -3.95. The highest BCUT2D eigenvalue weighted by Gasteiger charge is 2.08. The number of aryl methyl sites for hydroxylation is 4. The molecule has 0 radical (unpaired) electrons. The fraction of sp³-hybridized carbons (Fsp3) is 0.357. The van der Waals surface area contributed by atoms with E-state index in [9.17, 15) is 5.11 Å². The summed E-state index contributed by atoms with van der Waals surface area (Å²) >= 11 is 0. The van der Waals surface area contributed by atoms with Gasteiger partial charge in [0.2, 0.25) is 0 Å². The van der Waals surface area contributed by atoms with Gasteiger partial charge in [-0.3, -0.25) is 4.79 Å². The average Bonchev–Trinajstić information content (AvgIpc) is 3.05. The highest BCUT2D eigenvalue weighted by atomic mass is 16.3. The lowest BCUT2D eigenvalue weighted by molar-refractivity contribution is -0.122. The van der Waals surface area contributed by atoms with Crippen LogP contribution in [-0.4, -0.2) is 23.3 Å². The smallest absolute Gasteiger partial charge is 0.290 e. The highest BCUT2D eigenvalue weighted by molar-refractivity contribution is 5.74. The third-order valence-corrected chi connectivity index (χ3v) is 7.73. The van der Waals surface area contributed by atoms with E-state index in [1.54, 1.807) is 0 Å². The second-order valence-electron chi connectivity index (χ2n) is 12.2. The van der Waals surface area contributed by atoms with Crippen molar-refractivity contribution in [2.45, 2.75) is 86.0 Å². The van der Waals surface area contributed by atoms with Crippen LogP contribution in [-0.2, 0) is 36.9 Å². The summed E-state index contributed by atoms with van der Waals surface area (Å²) in [4.78, 5) is 8.36. The number of allylic oxidation sites excluding steroid dienone is 1. The fourth-order valence-corrected chi connectivity index (χ4v) is 5.24.